The van der Waals surface area contributed by atoms with E-state index in [4.69, 9.17) is 39.4 Å². The zero-order valence-corrected chi connectivity index (χ0v) is 11.4. The summed E-state index contributed by atoms with van der Waals surface area (Å²) in [6, 6.07) is 2.84. The van der Waals surface area contributed by atoms with Crippen molar-refractivity contribution in [2.45, 2.75) is 0 Å². The molecule has 0 aliphatic heterocycles. The molecule has 0 bridgehead atoms. The Morgan fingerprint density at radius 3 is 2.58 bits per heavy atom. The molecule has 0 saturated heterocycles. The van der Waals surface area contributed by atoms with Crippen molar-refractivity contribution in [2.24, 2.45) is 5.73 Å². The van der Waals surface area contributed by atoms with Gasteiger partial charge in [-0.15, -0.1) is 0 Å². The molecule has 0 heterocycles. The van der Waals surface area contributed by atoms with Crippen LogP contribution in [0.5, 0.6) is 0 Å². The van der Waals surface area contributed by atoms with Gasteiger partial charge in [0.2, 0.25) is 5.91 Å². The normalized spacial score (nSPS) is 10.2. The van der Waals surface area contributed by atoms with E-state index in [1.54, 1.807) is 0 Å². The van der Waals surface area contributed by atoms with Crippen molar-refractivity contribution in [3.63, 3.8) is 0 Å². The minimum atomic E-state index is -0.566. The van der Waals surface area contributed by atoms with Gasteiger partial charge >= 0.3 is 0 Å². The molecular weight excluding hydrogens is 293 g/mol. The number of rotatable bonds is 6. The summed E-state index contributed by atoms with van der Waals surface area (Å²) in [6.45, 7) is 0.216. The van der Waals surface area contributed by atoms with Gasteiger partial charge in [-0.25, -0.2) is 0 Å². The number of hydrogen-bond acceptors (Lipinski definition) is 4. The van der Waals surface area contributed by atoms with Crippen molar-refractivity contribution in [1.29, 1.82) is 0 Å². The second-order valence-electron chi connectivity index (χ2n) is 3.64. The lowest BCUT2D eigenvalue weighted by molar-refractivity contribution is -0.122. The largest absolute Gasteiger partial charge is 0.397 e. The van der Waals surface area contributed by atoms with Crippen LogP contribution in [0.25, 0.3) is 0 Å². The van der Waals surface area contributed by atoms with Crippen LogP contribution in [0.4, 0.5) is 5.69 Å². The summed E-state index contributed by atoms with van der Waals surface area (Å²) in [4.78, 5) is 22.1. The summed E-state index contributed by atoms with van der Waals surface area (Å²) < 4.78 is 4.89. The van der Waals surface area contributed by atoms with Crippen LogP contribution in [-0.4, -0.2) is 31.6 Å². The Morgan fingerprint density at radius 2 is 2.00 bits per heavy atom. The number of benzene rings is 1. The molecule has 0 aromatic heterocycles. The second-order valence-corrected chi connectivity index (χ2v) is 4.42. The monoisotopic (exact) mass is 305 g/mol. The fourth-order valence-electron chi connectivity index (χ4n) is 1.25. The van der Waals surface area contributed by atoms with E-state index in [1.165, 1.54) is 12.1 Å². The number of nitrogens with one attached hydrogen (secondary N) is 1. The molecule has 5 N–H and O–H groups in total. The highest BCUT2D eigenvalue weighted by Crippen LogP contribution is 2.29. The highest BCUT2D eigenvalue weighted by molar-refractivity contribution is 6.43. The van der Waals surface area contributed by atoms with Gasteiger partial charge in [-0.2, -0.15) is 0 Å². The number of primary amides is 1. The standard InChI is InChI=1S/C11H13Cl2N3O3/c12-7-3-6(4-8(14)10(7)13)11(18)16-1-2-19-5-9(15)17/h3-4H,1-2,5,14H2,(H2,15,17)(H,16,18). The third kappa shape index (κ3) is 4.94. The number of carbonyl (C=O) groups excluding carboxylic acids is 2. The molecule has 0 unspecified atom stereocenters. The van der Waals surface area contributed by atoms with E-state index in [0.717, 1.165) is 0 Å². The topological polar surface area (TPSA) is 107 Å². The van der Waals surface area contributed by atoms with Gasteiger partial charge in [-0.05, 0) is 12.1 Å². The lowest BCUT2D eigenvalue weighted by atomic mass is 10.2. The number of nitrogen functional groups attached to an aromatic ring is 1. The Labute approximate surface area is 120 Å². The molecule has 104 valence electrons. The maximum Gasteiger partial charge on any atom is 0.251 e. The quantitative estimate of drug-likeness (QED) is 0.534. The smallest absolute Gasteiger partial charge is 0.251 e. The van der Waals surface area contributed by atoms with E-state index < -0.39 is 5.91 Å². The molecule has 19 heavy (non-hydrogen) atoms. The first-order valence-corrected chi connectivity index (χ1v) is 6.06. The maximum atomic E-state index is 11.7. The average Bonchev–Trinajstić information content (AvgIpc) is 2.34. The van der Waals surface area contributed by atoms with E-state index in [-0.39, 0.29) is 41.4 Å². The van der Waals surface area contributed by atoms with Gasteiger partial charge in [0, 0.05) is 12.1 Å². The Hall–Kier alpha value is -1.50. The molecule has 0 aliphatic carbocycles. The minimum absolute atomic E-state index is 0.172. The summed E-state index contributed by atoms with van der Waals surface area (Å²) in [5, 5.41) is 2.99. The summed E-state index contributed by atoms with van der Waals surface area (Å²) in [5.74, 6) is -0.934. The summed E-state index contributed by atoms with van der Waals surface area (Å²) in [6.07, 6.45) is 0. The number of carbonyl (C=O) groups is 2. The van der Waals surface area contributed by atoms with Gasteiger partial charge in [0.1, 0.15) is 6.61 Å². The van der Waals surface area contributed by atoms with Crippen LogP contribution < -0.4 is 16.8 Å². The number of nitrogens with two attached hydrogens (primary N) is 2. The van der Waals surface area contributed by atoms with Crippen molar-refractivity contribution in [3.05, 3.63) is 27.7 Å². The first-order chi connectivity index (χ1) is 8.91. The molecule has 0 saturated carbocycles. The van der Waals surface area contributed by atoms with E-state index in [0.29, 0.717) is 5.56 Å². The van der Waals surface area contributed by atoms with E-state index >= 15 is 0 Å². The van der Waals surface area contributed by atoms with Crippen LogP contribution in [0.2, 0.25) is 10.0 Å². The van der Waals surface area contributed by atoms with Gasteiger partial charge in [-0.3, -0.25) is 9.59 Å². The second kappa shape index (κ2) is 7.18. The first kappa shape index (κ1) is 15.6. The van der Waals surface area contributed by atoms with Crippen molar-refractivity contribution >= 4 is 40.7 Å². The molecule has 0 atom stereocenters. The fourth-order valence-corrected chi connectivity index (χ4v) is 1.59. The molecule has 1 aromatic carbocycles. The van der Waals surface area contributed by atoms with Gasteiger partial charge in [0.05, 0.1) is 22.3 Å². The minimum Gasteiger partial charge on any atom is -0.397 e. The van der Waals surface area contributed by atoms with Gasteiger partial charge in [0.15, 0.2) is 0 Å². The lowest BCUT2D eigenvalue weighted by Gasteiger charge is -2.08. The molecular formula is C11H13Cl2N3O3. The van der Waals surface area contributed by atoms with Crippen molar-refractivity contribution in [2.75, 3.05) is 25.5 Å². The molecule has 0 radical (unpaired) electrons. The van der Waals surface area contributed by atoms with Crippen LogP contribution in [-0.2, 0) is 9.53 Å². The van der Waals surface area contributed by atoms with Crippen LogP contribution >= 0.6 is 23.2 Å². The van der Waals surface area contributed by atoms with E-state index in [2.05, 4.69) is 5.32 Å². The number of halogens is 2. The molecule has 8 heteroatoms. The van der Waals surface area contributed by atoms with Crippen molar-refractivity contribution < 1.29 is 14.3 Å². The van der Waals surface area contributed by atoms with Crippen LogP contribution in [0.1, 0.15) is 10.4 Å². The highest BCUT2D eigenvalue weighted by Gasteiger charge is 2.10. The summed E-state index contributed by atoms with van der Waals surface area (Å²) in [7, 11) is 0. The number of anilines is 1. The number of hydrogen-bond donors (Lipinski definition) is 3. The van der Waals surface area contributed by atoms with Gasteiger partial charge < -0.3 is 21.5 Å². The van der Waals surface area contributed by atoms with E-state index in [1.807, 2.05) is 0 Å². The van der Waals surface area contributed by atoms with Crippen LogP contribution in [0.3, 0.4) is 0 Å². The molecule has 6 nitrogen and oxygen atoms in total. The molecule has 1 rings (SSSR count). The third-order valence-corrected chi connectivity index (χ3v) is 2.91. The molecule has 2 amide bonds. The Balaban J connectivity index is 2.48. The van der Waals surface area contributed by atoms with E-state index in [9.17, 15) is 9.59 Å². The third-order valence-electron chi connectivity index (χ3n) is 2.09. The first-order valence-electron chi connectivity index (χ1n) is 5.30. The van der Waals surface area contributed by atoms with Gasteiger partial charge in [0.25, 0.3) is 5.91 Å². The molecule has 0 spiro atoms. The number of ether oxygens (including phenoxy) is 1. The zero-order chi connectivity index (χ0) is 14.4. The Morgan fingerprint density at radius 1 is 1.32 bits per heavy atom. The fraction of sp³-hybridized carbons (Fsp3) is 0.273. The maximum absolute atomic E-state index is 11.7. The lowest BCUT2D eigenvalue weighted by Crippen LogP contribution is -2.28. The SMILES string of the molecule is NC(=O)COCCNC(=O)c1cc(N)c(Cl)c(Cl)c1. The van der Waals surface area contributed by atoms with Crippen LogP contribution in [0, 0.1) is 0 Å². The Bertz CT molecular complexity index is 471. The molecule has 0 fully saturated rings. The average molecular weight is 306 g/mol. The predicted molar refractivity (Wildman–Crippen MR) is 73.2 cm³/mol. The molecule has 1 aromatic rings. The molecule has 0 aliphatic rings. The summed E-state index contributed by atoms with van der Waals surface area (Å²) >= 11 is 11.6. The van der Waals surface area contributed by atoms with Gasteiger partial charge in [-0.1, -0.05) is 23.2 Å². The van der Waals surface area contributed by atoms with Crippen LogP contribution in [0.15, 0.2) is 12.1 Å². The van der Waals surface area contributed by atoms with Crippen molar-refractivity contribution in [3.8, 4) is 0 Å². The highest BCUT2D eigenvalue weighted by atomic mass is 35.5. The summed E-state index contributed by atoms with van der Waals surface area (Å²) in [5.41, 5.74) is 11.0. The Kier molecular flexibility index (Phi) is 5.88. The zero-order valence-electron chi connectivity index (χ0n) is 9.91. The van der Waals surface area contributed by atoms with Crippen molar-refractivity contribution in [1.82, 2.24) is 5.32 Å². The number of amides is 2. The predicted octanol–water partition coefficient (Wildman–Crippen LogP) is 0.807.